The second-order valence-electron chi connectivity index (χ2n) is 4.28. The van der Waals surface area contributed by atoms with E-state index < -0.39 is 0 Å². The topological polar surface area (TPSA) is 59.2 Å². The van der Waals surface area contributed by atoms with Gasteiger partial charge in [0.15, 0.2) is 11.5 Å². The number of rotatable bonds is 3. The minimum Gasteiger partial charge on any atom is -0.454 e. The summed E-state index contributed by atoms with van der Waals surface area (Å²) in [6.07, 6.45) is 1.71. The average Bonchev–Trinajstić information content (AvgIpc) is 2.96. The molecule has 0 fully saturated rings. The summed E-state index contributed by atoms with van der Waals surface area (Å²) in [5, 5.41) is 3.12. The maximum Gasteiger partial charge on any atom is 0.231 e. The number of aryl methyl sites for hydroxylation is 1. The van der Waals surface area contributed by atoms with E-state index >= 15 is 0 Å². The molecule has 2 N–H and O–H groups in total. The van der Waals surface area contributed by atoms with Gasteiger partial charge in [-0.3, -0.25) is 0 Å². The Morgan fingerprint density at radius 2 is 2.11 bits per heavy atom. The minimum absolute atomic E-state index is 0.294. The normalized spacial score (nSPS) is 13.0. The molecule has 3 rings (SSSR count). The molecule has 94 valence electrons. The first-order valence-electron chi connectivity index (χ1n) is 5.87. The SMILES string of the molecule is CNCc1[nH]cnc1-c1cc2c(cc1C)OCO2. The lowest BCUT2D eigenvalue weighted by atomic mass is 10.0. The molecule has 5 nitrogen and oxygen atoms in total. The van der Waals surface area contributed by atoms with E-state index in [1.165, 1.54) is 0 Å². The lowest BCUT2D eigenvalue weighted by molar-refractivity contribution is 0.174. The number of benzene rings is 1. The smallest absolute Gasteiger partial charge is 0.231 e. The van der Waals surface area contributed by atoms with Gasteiger partial charge >= 0.3 is 0 Å². The molecule has 2 heterocycles. The first-order valence-corrected chi connectivity index (χ1v) is 5.87. The molecule has 0 saturated heterocycles. The average molecular weight is 245 g/mol. The molecule has 1 aromatic heterocycles. The summed E-state index contributed by atoms with van der Waals surface area (Å²) < 4.78 is 10.8. The maximum atomic E-state index is 5.42. The van der Waals surface area contributed by atoms with Gasteiger partial charge in [0, 0.05) is 12.1 Å². The molecule has 18 heavy (non-hydrogen) atoms. The number of aromatic amines is 1. The number of hydrogen-bond donors (Lipinski definition) is 2. The van der Waals surface area contributed by atoms with E-state index in [-0.39, 0.29) is 0 Å². The molecule has 0 bridgehead atoms. The molecule has 1 aromatic carbocycles. The Balaban J connectivity index is 2.08. The van der Waals surface area contributed by atoms with Gasteiger partial charge in [-0.2, -0.15) is 0 Å². The van der Waals surface area contributed by atoms with Gasteiger partial charge in [0.25, 0.3) is 0 Å². The lowest BCUT2D eigenvalue weighted by Crippen LogP contribution is -2.06. The van der Waals surface area contributed by atoms with Crippen molar-refractivity contribution in [1.82, 2.24) is 15.3 Å². The lowest BCUT2D eigenvalue weighted by Gasteiger charge is -2.07. The van der Waals surface area contributed by atoms with Gasteiger partial charge in [0.2, 0.25) is 6.79 Å². The fourth-order valence-corrected chi connectivity index (χ4v) is 2.16. The summed E-state index contributed by atoms with van der Waals surface area (Å²) in [5.41, 5.74) is 4.23. The fourth-order valence-electron chi connectivity index (χ4n) is 2.16. The molecule has 0 saturated carbocycles. The van der Waals surface area contributed by atoms with Crippen LogP contribution < -0.4 is 14.8 Å². The van der Waals surface area contributed by atoms with Crippen LogP contribution >= 0.6 is 0 Å². The molecule has 0 aliphatic carbocycles. The highest BCUT2D eigenvalue weighted by Crippen LogP contribution is 2.38. The van der Waals surface area contributed by atoms with Crippen molar-refractivity contribution in [1.29, 1.82) is 0 Å². The third-order valence-corrected chi connectivity index (χ3v) is 3.05. The molecule has 1 aliphatic rings. The van der Waals surface area contributed by atoms with Crippen LogP contribution in [0.5, 0.6) is 11.5 Å². The summed E-state index contributed by atoms with van der Waals surface area (Å²) >= 11 is 0. The zero-order valence-corrected chi connectivity index (χ0v) is 10.4. The van der Waals surface area contributed by atoms with Crippen LogP contribution in [-0.2, 0) is 6.54 Å². The van der Waals surface area contributed by atoms with Gasteiger partial charge in [-0.1, -0.05) is 0 Å². The number of hydrogen-bond acceptors (Lipinski definition) is 4. The van der Waals surface area contributed by atoms with Crippen LogP contribution in [0.2, 0.25) is 0 Å². The number of nitrogens with one attached hydrogen (secondary N) is 2. The van der Waals surface area contributed by atoms with Crippen molar-refractivity contribution in [3.63, 3.8) is 0 Å². The summed E-state index contributed by atoms with van der Waals surface area (Å²) in [4.78, 5) is 7.55. The number of ether oxygens (including phenoxy) is 2. The predicted molar refractivity (Wildman–Crippen MR) is 67.6 cm³/mol. The van der Waals surface area contributed by atoms with Crippen LogP contribution in [0, 0.1) is 6.92 Å². The molecule has 1 aliphatic heterocycles. The molecule has 0 radical (unpaired) electrons. The van der Waals surface area contributed by atoms with E-state index in [0.29, 0.717) is 6.79 Å². The van der Waals surface area contributed by atoms with Gasteiger partial charge in [-0.15, -0.1) is 0 Å². The van der Waals surface area contributed by atoms with Crippen molar-refractivity contribution in [2.45, 2.75) is 13.5 Å². The van der Waals surface area contributed by atoms with Crippen molar-refractivity contribution in [3.8, 4) is 22.8 Å². The molecule has 0 unspecified atom stereocenters. The highest BCUT2D eigenvalue weighted by Gasteiger charge is 2.18. The molecule has 0 amide bonds. The molecular formula is C13H15N3O2. The van der Waals surface area contributed by atoms with Crippen molar-refractivity contribution in [3.05, 3.63) is 29.7 Å². The van der Waals surface area contributed by atoms with Crippen molar-refractivity contribution < 1.29 is 9.47 Å². The van der Waals surface area contributed by atoms with E-state index in [1.54, 1.807) is 6.33 Å². The first kappa shape index (κ1) is 11.1. The van der Waals surface area contributed by atoms with Crippen molar-refractivity contribution in [2.75, 3.05) is 13.8 Å². The van der Waals surface area contributed by atoms with Crippen LogP contribution in [0.1, 0.15) is 11.3 Å². The number of fused-ring (bicyclic) bond motifs is 1. The predicted octanol–water partition coefficient (Wildman–Crippen LogP) is 1.83. The van der Waals surface area contributed by atoms with Crippen LogP contribution in [0.15, 0.2) is 18.5 Å². The van der Waals surface area contributed by atoms with Gasteiger partial charge in [-0.05, 0) is 31.7 Å². The van der Waals surface area contributed by atoms with Gasteiger partial charge in [0.05, 0.1) is 17.7 Å². The number of nitrogens with zero attached hydrogens (tertiary/aromatic N) is 1. The Morgan fingerprint density at radius 1 is 1.33 bits per heavy atom. The quantitative estimate of drug-likeness (QED) is 0.866. The van der Waals surface area contributed by atoms with Crippen LogP contribution in [0.4, 0.5) is 0 Å². The third kappa shape index (κ3) is 1.73. The molecule has 0 spiro atoms. The largest absolute Gasteiger partial charge is 0.454 e. The number of aromatic nitrogens is 2. The minimum atomic E-state index is 0.294. The summed E-state index contributed by atoms with van der Waals surface area (Å²) in [6.45, 7) is 3.10. The zero-order valence-electron chi connectivity index (χ0n) is 10.4. The highest BCUT2D eigenvalue weighted by molar-refractivity contribution is 5.70. The Kier molecular flexibility index (Phi) is 2.68. The first-order chi connectivity index (χ1) is 8.79. The Morgan fingerprint density at radius 3 is 2.89 bits per heavy atom. The second-order valence-corrected chi connectivity index (χ2v) is 4.28. The zero-order chi connectivity index (χ0) is 12.5. The maximum absolute atomic E-state index is 5.42. The fraction of sp³-hybridized carbons (Fsp3) is 0.308. The molecule has 0 atom stereocenters. The van der Waals surface area contributed by atoms with E-state index in [2.05, 4.69) is 22.2 Å². The Hall–Kier alpha value is -2.01. The summed E-state index contributed by atoms with van der Waals surface area (Å²) in [7, 11) is 1.91. The van der Waals surface area contributed by atoms with Gasteiger partial charge < -0.3 is 19.8 Å². The number of imidazole rings is 1. The van der Waals surface area contributed by atoms with E-state index in [1.807, 2.05) is 19.2 Å². The van der Waals surface area contributed by atoms with Crippen molar-refractivity contribution >= 4 is 0 Å². The summed E-state index contributed by atoms with van der Waals surface area (Å²) in [6, 6.07) is 3.99. The van der Waals surface area contributed by atoms with Gasteiger partial charge in [-0.25, -0.2) is 4.98 Å². The molecular weight excluding hydrogens is 230 g/mol. The van der Waals surface area contributed by atoms with Crippen LogP contribution in [0.3, 0.4) is 0 Å². The van der Waals surface area contributed by atoms with E-state index in [4.69, 9.17) is 9.47 Å². The van der Waals surface area contributed by atoms with E-state index in [0.717, 1.165) is 40.6 Å². The molecule has 2 aromatic rings. The second kappa shape index (κ2) is 4.34. The van der Waals surface area contributed by atoms with Crippen molar-refractivity contribution in [2.24, 2.45) is 0 Å². The molecule has 5 heteroatoms. The Bertz CT molecular complexity index is 578. The number of H-pyrrole nitrogens is 1. The third-order valence-electron chi connectivity index (χ3n) is 3.05. The van der Waals surface area contributed by atoms with Crippen LogP contribution in [-0.4, -0.2) is 23.8 Å². The standard InChI is InChI=1S/C13H15N3O2/c1-8-3-11-12(18-7-17-11)4-9(8)13-10(5-14-2)15-6-16-13/h3-4,6,14H,5,7H2,1-2H3,(H,15,16). The monoisotopic (exact) mass is 245 g/mol. The summed E-state index contributed by atoms with van der Waals surface area (Å²) in [5.74, 6) is 1.59. The van der Waals surface area contributed by atoms with Crippen LogP contribution in [0.25, 0.3) is 11.3 Å². The highest BCUT2D eigenvalue weighted by atomic mass is 16.7. The Labute approximate surface area is 105 Å². The van der Waals surface area contributed by atoms with E-state index in [9.17, 15) is 0 Å². The van der Waals surface area contributed by atoms with Gasteiger partial charge in [0.1, 0.15) is 0 Å².